The van der Waals surface area contributed by atoms with Crippen LogP contribution in [0.3, 0.4) is 0 Å². The van der Waals surface area contributed by atoms with E-state index in [1.165, 1.54) is 0 Å². The molecule has 0 aliphatic rings. The van der Waals surface area contributed by atoms with Crippen LogP contribution in [-0.4, -0.2) is 59.1 Å². The van der Waals surface area contributed by atoms with Gasteiger partial charge in [-0.25, -0.2) is 0 Å². The van der Waals surface area contributed by atoms with E-state index in [9.17, 15) is 0 Å². The summed E-state index contributed by atoms with van der Waals surface area (Å²) in [4.78, 5) is 0. The Morgan fingerprint density at radius 2 is 1.42 bits per heavy atom. The Labute approximate surface area is 129 Å². The van der Waals surface area contributed by atoms with Gasteiger partial charge < -0.3 is 16.9 Å². The summed E-state index contributed by atoms with van der Waals surface area (Å²) in [5.74, 6) is 0. The van der Waals surface area contributed by atoms with Crippen LogP contribution in [-0.2, 0) is 16.9 Å². The molecule has 0 amide bonds. The smallest absolute Gasteiger partial charge is 0.423 e. The molecule has 0 heterocycles. The summed E-state index contributed by atoms with van der Waals surface area (Å²) in [5.41, 5.74) is 0. The second-order valence-electron chi connectivity index (χ2n) is 5.11. The Balaban J connectivity index is 5.08. The molecule has 0 N–H and O–H groups in total. The van der Waals surface area contributed by atoms with Crippen LogP contribution < -0.4 is 0 Å². The van der Waals surface area contributed by atoms with Crippen molar-refractivity contribution in [1.29, 1.82) is 0 Å². The van der Waals surface area contributed by atoms with Gasteiger partial charge in [0.15, 0.2) is 0 Å². The molecular formula is C9H31O4PSi5. The minimum absolute atomic E-state index is 0.434. The van der Waals surface area contributed by atoms with Gasteiger partial charge in [0, 0.05) is 20.2 Å². The first kappa shape index (κ1) is 20.4. The summed E-state index contributed by atoms with van der Waals surface area (Å²) in [5, 5.41) is 0.434. The van der Waals surface area contributed by atoms with Gasteiger partial charge in [-0.1, -0.05) is 39.7 Å². The average molecular weight is 375 g/mol. The topological polar surface area (TPSA) is 36.9 Å². The Hall–Kier alpha value is 1.35. The predicted molar refractivity (Wildman–Crippen MR) is 99.3 cm³/mol. The fraction of sp³-hybridized carbons (Fsp3) is 1.00. The molecule has 10 heteroatoms. The first-order chi connectivity index (χ1) is 8.90. The third-order valence-corrected chi connectivity index (χ3v) is 20.0. The molecule has 0 rings (SSSR count). The van der Waals surface area contributed by atoms with E-state index in [0.29, 0.717) is 14.0 Å². The van der Waals surface area contributed by atoms with Gasteiger partial charge in [-0.15, -0.1) is 0 Å². The minimum atomic E-state index is -2.41. The first-order valence-corrected chi connectivity index (χ1v) is 19.6. The molecule has 116 valence electrons. The lowest BCUT2D eigenvalue weighted by molar-refractivity contribution is 0.276. The van der Waals surface area contributed by atoms with Crippen LogP contribution in [0.15, 0.2) is 0 Å². The van der Waals surface area contributed by atoms with Crippen LogP contribution in [0.5, 0.6) is 0 Å². The summed E-state index contributed by atoms with van der Waals surface area (Å²) < 4.78 is 24.4. The molecule has 2 unspecified atom stereocenters. The highest BCUT2D eigenvalue weighted by Crippen LogP contribution is 2.34. The molecular weight excluding hydrogens is 343 g/mol. The molecule has 19 heavy (non-hydrogen) atoms. The molecule has 0 aromatic rings. The van der Waals surface area contributed by atoms with Crippen molar-refractivity contribution in [2.75, 3.05) is 12.9 Å². The third kappa shape index (κ3) is 6.33. The summed E-state index contributed by atoms with van der Waals surface area (Å²) in [6, 6.07) is 0. The lowest BCUT2D eigenvalue weighted by Crippen LogP contribution is -2.59. The van der Waals surface area contributed by atoms with E-state index < -0.39 is 46.2 Å². The normalized spacial score (nSPS) is 19.7. The number of hydrogen-bond donors (Lipinski definition) is 0. The maximum absolute atomic E-state index is 6.22. The fourth-order valence-electron chi connectivity index (χ4n) is 1.97. The quantitative estimate of drug-likeness (QED) is 0.396. The van der Waals surface area contributed by atoms with Crippen molar-refractivity contribution in [1.82, 2.24) is 0 Å². The monoisotopic (exact) mass is 374 g/mol. The largest absolute Gasteiger partial charge is 0.468 e. The zero-order valence-electron chi connectivity index (χ0n) is 13.5. The number of rotatable bonds is 11. The Morgan fingerprint density at radius 3 is 1.74 bits per heavy atom. The van der Waals surface area contributed by atoms with Crippen LogP contribution >= 0.6 is 8.81 Å². The van der Waals surface area contributed by atoms with Crippen LogP contribution in [0.2, 0.25) is 37.9 Å². The second-order valence-corrected chi connectivity index (χ2v) is 18.8. The maximum Gasteiger partial charge on any atom is 0.468 e. The lowest BCUT2D eigenvalue weighted by Gasteiger charge is -2.41. The van der Waals surface area contributed by atoms with E-state index in [-0.39, 0.29) is 0 Å². The highest BCUT2D eigenvalue weighted by atomic mass is 31.1. The second kappa shape index (κ2) is 10.1. The molecule has 0 fully saturated rings. The summed E-state index contributed by atoms with van der Waals surface area (Å²) in [6.45, 7) is 15.7. The molecule has 0 radical (unpaired) electrons. The van der Waals surface area contributed by atoms with Crippen molar-refractivity contribution in [2.24, 2.45) is 0 Å². The van der Waals surface area contributed by atoms with Crippen molar-refractivity contribution in [3.8, 4) is 0 Å². The van der Waals surface area contributed by atoms with Gasteiger partial charge in [-0.3, -0.25) is 0 Å². The average Bonchev–Trinajstić information content (AvgIpc) is 2.36. The molecule has 0 bridgehead atoms. The van der Waals surface area contributed by atoms with Crippen molar-refractivity contribution >= 4 is 55.0 Å². The van der Waals surface area contributed by atoms with Gasteiger partial charge in [0.25, 0.3) is 0 Å². The SMILES string of the molecule is C[SiH2]O[Si](O[SiH2]C)(O[SiH2]C)C(C)[Si](C)(C)COPC. The van der Waals surface area contributed by atoms with Crippen LogP contribution in [0.25, 0.3) is 0 Å². The van der Waals surface area contributed by atoms with Crippen molar-refractivity contribution in [3.63, 3.8) is 0 Å². The highest BCUT2D eigenvalue weighted by Gasteiger charge is 2.52. The maximum atomic E-state index is 6.22. The molecule has 0 spiro atoms. The Morgan fingerprint density at radius 1 is 1.00 bits per heavy atom. The van der Waals surface area contributed by atoms with E-state index in [4.69, 9.17) is 16.9 Å². The van der Waals surface area contributed by atoms with Gasteiger partial charge in [-0.2, -0.15) is 0 Å². The van der Waals surface area contributed by atoms with Crippen LogP contribution in [0, 0.1) is 0 Å². The van der Waals surface area contributed by atoms with Gasteiger partial charge in [0.05, 0.1) is 8.07 Å². The van der Waals surface area contributed by atoms with Crippen molar-refractivity contribution < 1.29 is 16.9 Å². The number of hydrogen-bond acceptors (Lipinski definition) is 4. The lowest BCUT2D eigenvalue weighted by atomic mass is 10.9. The van der Waals surface area contributed by atoms with Gasteiger partial charge in [-0.05, 0) is 6.66 Å². The van der Waals surface area contributed by atoms with Crippen LogP contribution in [0.4, 0.5) is 0 Å². The van der Waals surface area contributed by atoms with Gasteiger partial charge in [0.2, 0.25) is 0 Å². The van der Waals surface area contributed by atoms with E-state index in [1.807, 2.05) is 0 Å². The zero-order valence-corrected chi connectivity index (χ0v) is 20.8. The highest BCUT2D eigenvalue weighted by molar-refractivity contribution is 7.31. The van der Waals surface area contributed by atoms with Crippen LogP contribution in [0.1, 0.15) is 6.92 Å². The molecule has 0 aromatic heterocycles. The molecule has 0 aliphatic heterocycles. The van der Waals surface area contributed by atoms with Gasteiger partial charge in [0.1, 0.15) is 29.3 Å². The standard InChI is InChI=1S/C9H31O4PSi5/c1-9(18(6,7)8-10-14-2)19(11-15-3,12-16-4)13-17-5/h9,14H,8,15-17H2,1-7H3. The van der Waals surface area contributed by atoms with Crippen molar-refractivity contribution in [3.05, 3.63) is 0 Å². The molecule has 0 saturated carbocycles. The Kier molecular flexibility index (Phi) is 10.9. The van der Waals surface area contributed by atoms with Crippen molar-refractivity contribution in [2.45, 2.75) is 44.8 Å². The summed E-state index contributed by atoms with van der Waals surface area (Å²) in [7, 11) is -4.92. The Bertz CT molecular complexity index is 230. The third-order valence-electron chi connectivity index (χ3n) is 3.33. The molecule has 2 atom stereocenters. The molecule has 0 saturated heterocycles. The van der Waals surface area contributed by atoms with E-state index in [0.717, 1.165) is 6.23 Å². The first-order valence-electron chi connectivity index (χ1n) is 7.10. The summed E-state index contributed by atoms with van der Waals surface area (Å²) in [6.07, 6.45) is 0.885. The van der Waals surface area contributed by atoms with E-state index in [1.54, 1.807) is 0 Å². The molecule has 4 nitrogen and oxygen atoms in total. The van der Waals surface area contributed by atoms with E-state index >= 15 is 0 Å². The predicted octanol–water partition coefficient (Wildman–Crippen LogP) is 0.788. The molecule has 0 aromatic carbocycles. The zero-order chi connectivity index (χ0) is 14.9. The fourth-order valence-corrected chi connectivity index (χ4v) is 21.7. The summed E-state index contributed by atoms with van der Waals surface area (Å²) >= 11 is 0. The van der Waals surface area contributed by atoms with E-state index in [2.05, 4.69) is 46.3 Å². The minimum Gasteiger partial charge on any atom is -0.423 e. The molecule has 0 aliphatic carbocycles. The van der Waals surface area contributed by atoms with Gasteiger partial charge >= 0.3 is 8.80 Å².